The highest BCUT2D eigenvalue weighted by atomic mass is 16.6. The molecule has 90 valence electrons. The molecule has 0 saturated carbocycles. The summed E-state index contributed by atoms with van der Waals surface area (Å²) in [7, 11) is 3.79. The quantitative estimate of drug-likeness (QED) is 0.772. The first-order chi connectivity index (χ1) is 8.28. The highest BCUT2D eigenvalue weighted by Gasteiger charge is 2.41. The fourth-order valence-electron chi connectivity index (χ4n) is 2.55. The van der Waals surface area contributed by atoms with Crippen LogP contribution in [0.25, 0.3) is 0 Å². The summed E-state index contributed by atoms with van der Waals surface area (Å²) in [5, 5.41) is 4.23. The molecule has 2 aliphatic heterocycles. The Morgan fingerprint density at radius 1 is 1.29 bits per heavy atom. The third-order valence-corrected chi connectivity index (χ3v) is 3.47. The monoisotopic (exact) mass is 232 g/mol. The maximum absolute atomic E-state index is 5.49. The van der Waals surface area contributed by atoms with Crippen LogP contribution in [0.15, 0.2) is 29.4 Å². The fraction of sp³-hybridized carbons (Fsp3) is 0.462. The molecule has 2 aliphatic rings. The van der Waals surface area contributed by atoms with E-state index in [2.05, 4.69) is 17.1 Å². The van der Waals surface area contributed by atoms with Crippen molar-refractivity contribution in [2.45, 2.75) is 6.10 Å². The summed E-state index contributed by atoms with van der Waals surface area (Å²) in [6, 6.07) is 8.01. The standard InChI is InChI=1S/C13H16N2O2/c1-15-7-11-12(8-15)17-14-13(11)9-3-5-10(16-2)6-4-9/h3-6,11-12H,7-8H2,1-2H3. The van der Waals surface area contributed by atoms with Crippen LogP contribution in [0.4, 0.5) is 0 Å². The number of hydrogen-bond donors (Lipinski definition) is 0. The molecule has 3 rings (SSSR count). The van der Waals surface area contributed by atoms with Gasteiger partial charge in [-0.15, -0.1) is 0 Å². The zero-order valence-electron chi connectivity index (χ0n) is 10.1. The zero-order valence-corrected chi connectivity index (χ0v) is 10.1. The van der Waals surface area contributed by atoms with E-state index in [-0.39, 0.29) is 6.10 Å². The third-order valence-electron chi connectivity index (χ3n) is 3.47. The normalized spacial score (nSPS) is 27.5. The van der Waals surface area contributed by atoms with Gasteiger partial charge < -0.3 is 14.5 Å². The van der Waals surface area contributed by atoms with Gasteiger partial charge in [0.1, 0.15) is 11.9 Å². The lowest BCUT2D eigenvalue weighted by molar-refractivity contribution is 0.0773. The predicted molar refractivity (Wildman–Crippen MR) is 65.4 cm³/mol. The van der Waals surface area contributed by atoms with Gasteiger partial charge >= 0.3 is 0 Å². The van der Waals surface area contributed by atoms with Crippen LogP contribution in [0.2, 0.25) is 0 Å². The first kappa shape index (κ1) is 10.6. The first-order valence-electron chi connectivity index (χ1n) is 5.84. The van der Waals surface area contributed by atoms with Crippen molar-refractivity contribution < 1.29 is 9.57 Å². The van der Waals surface area contributed by atoms with Crippen LogP contribution < -0.4 is 4.74 Å². The van der Waals surface area contributed by atoms with E-state index in [4.69, 9.17) is 9.57 Å². The number of oxime groups is 1. The molecule has 0 bridgehead atoms. The third kappa shape index (κ3) is 1.78. The van der Waals surface area contributed by atoms with E-state index >= 15 is 0 Å². The maximum Gasteiger partial charge on any atom is 0.149 e. The number of likely N-dealkylation sites (tertiary alicyclic amines) is 1. The van der Waals surface area contributed by atoms with Gasteiger partial charge in [0.2, 0.25) is 0 Å². The number of rotatable bonds is 2. The van der Waals surface area contributed by atoms with Crippen molar-refractivity contribution in [3.05, 3.63) is 29.8 Å². The van der Waals surface area contributed by atoms with E-state index in [1.54, 1.807) is 7.11 Å². The van der Waals surface area contributed by atoms with Crippen LogP contribution in [-0.4, -0.2) is 44.0 Å². The Balaban J connectivity index is 1.84. The molecule has 4 nitrogen and oxygen atoms in total. The summed E-state index contributed by atoms with van der Waals surface area (Å²) in [5.41, 5.74) is 2.20. The number of nitrogens with zero attached hydrogens (tertiary/aromatic N) is 2. The zero-order chi connectivity index (χ0) is 11.8. The minimum absolute atomic E-state index is 0.233. The summed E-state index contributed by atoms with van der Waals surface area (Å²) in [5.74, 6) is 1.28. The van der Waals surface area contributed by atoms with E-state index in [9.17, 15) is 0 Å². The molecule has 0 radical (unpaired) electrons. The number of hydrogen-bond acceptors (Lipinski definition) is 4. The second kappa shape index (κ2) is 4.04. The van der Waals surface area contributed by atoms with Crippen molar-refractivity contribution in [3.63, 3.8) is 0 Å². The Hall–Kier alpha value is -1.55. The molecule has 1 aromatic rings. The summed E-state index contributed by atoms with van der Waals surface area (Å²) >= 11 is 0. The number of ether oxygens (including phenoxy) is 1. The number of fused-ring (bicyclic) bond motifs is 1. The largest absolute Gasteiger partial charge is 0.497 e. The van der Waals surface area contributed by atoms with Gasteiger partial charge in [-0.25, -0.2) is 0 Å². The summed E-state index contributed by atoms with van der Waals surface area (Å²) in [6.45, 7) is 1.99. The molecule has 2 atom stereocenters. The average Bonchev–Trinajstić information content (AvgIpc) is 2.88. The van der Waals surface area contributed by atoms with Crippen molar-refractivity contribution >= 4 is 5.71 Å². The minimum Gasteiger partial charge on any atom is -0.497 e. The Bertz CT molecular complexity index is 441. The van der Waals surface area contributed by atoms with Crippen molar-refractivity contribution in [1.82, 2.24) is 4.90 Å². The number of methoxy groups -OCH3 is 1. The molecule has 0 spiro atoms. The van der Waals surface area contributed by atoms with Gasteiger partial charge in [-0.1, -0.05) is 5.16 Å². The van der Waals surface area contributed by atoms with Gasteiger partial charge in [-0.2, -0.15) is 0 Å². The highest BCUT2D eigenvalue weighted by Crippen LogP contribution is 2.29. The fourth-order valence-corrected chi connectivity index (χ4v) is 2.55. The van der Waals surface area contributed by atoms with Gasteiger partial charge in [0.25, 0.3) is 0 Å². The second-order valence-corrected chi connectivity index (χ2v) is 4.68. The van der Waals surface area contributed by atoms with Gasteiger partial charge in [0, 0.05) is 18.7 Å². The molecule has 0 aliphatic carbocycles. The van der Waals surface area contributed by atoms with Crippen molar-refractivity contribution in [1.29, 1.82) is 0 Å². The number of benzene rings is 1. The molecule has 4 heteroatoms. The Morgan fingerprint density at radius 3 is 2.76 bits per heavy atom. The molecule has 2 unspecified atom stereocenters. The number of likely N-dealkylation sites (N-methyl/N-ethyl adjacent to an activating group) is 1. The highest BCUT2D eigenvalue weighted by molar-refractivity contribution is 6.03. The van der Waals surface area contributed by atoms with Crippen LogP contribution in [-0.2, 0) is 4.84 Å². The smallest absolute Gasteiger partial charge is 0.149 e. The van der Waals surface area contributed by atoms with Gasteiger partial charge in [-0.3, -0.25) is 0 Å². The lowest BCUT2D eigenvalue weighted by Crippen LogP contribution is -2.21. The SMILES string of the molecule is COc1ccc(C2=NOC3CN(C)CC23)cc1. The van der Waals surface area contributed by atoms with Crippen LogP contribution in [0.1, 0.15) is 5.56 Å². The molecule has 1 saturated heterocycles. The summed E-state index contributed by atoms with van der Waals surface area (Å²) < 4.78 is 5.16. The minimum atomic E-state index is 0.233. The van der Waals surface area contributed by atoms with E-state index in [1.807, 2.05) is 24.3 Å². The van der Waals surface area contributed by atoms with Crippen LogP contribution in [0.3, 0.4) is 0 Å². The van der Waals surface area contributed by atoms with Gasteiger partial charge in [0.15, 0.2) is 0 Å². The second-order valence-electron chi connectivity index (χ2n) is 4.68. The van der Waals surface area contributed by atoms with Crippen LogP contribution in [0, 0.1) is 5.92 Å². The maximum atomic E-state index is 5.49. The molecule has 17 heavy (non-hydrogen) atoms. The van der Waals surface area contributed by atoms with E-state index in [1.165, 1.54) is 0 Å². The molecule has 1 aromatic carbocycles. The lowest BCUT2D eigenvalue weighted by atomic mass is 9.95. The predicted octanol–water partition coefficient (Wildman–Crippen LogP) is 1.36. The van der Waals surface area contributed by atoms with Crippen LogP contribution >= 0.6 is 0 Å². The lowest BCUT2D eigenvalue weighted by Gasteiger charge is -2.09. The molecular weight excluding hydrogens is 216 g/mol. The molecular formula is C13H16N2O2. The Morgan fingerprint density at radius 2 is 2.06 bits per heavy atom. The van der Waals surface area contributed by atoms with Crippen LogP contribution in [0.5, 0.6) is 5.75 Å². The summed E-state index contributed by atoms with van der Waals surface area (Å²) in [6.07, 6.45) is 0.233. The van der Waals surface area contributed by atoms with Gasteiger partial charge in [0.05, 0.1) is 18.7 Å². The van der Waals surface area contributed by atoms with Gasteiger partial charge in [-0.05, 0) is 31.3 Å². The molecule has 1 fully saturated rings. The summed E-state index contributed by atoms with van der Waals surface area (Å²) in [4.78, 5) is 7.77. The average molecular weight is 232 g/mol. The Kier molecular flexibility index (Phi) is 2.52. The molecule has 0 aromatic heterocycles. The van der Waals surface area contributed by atoms with Crippen molar-refractivity contribution in [2.75, 3.05) is 27.2 Å². The van der Waals surface area contributed by atoms with E-state index in [0.29, 0.717) is 5.92 Å². The molecule has 0 amide bonds. The van der Waals surface area contributed by atoms with E-state index < -0.39 is 0 Å². The van der Waals surface area contributed by atoms with Crippen molar-refractivity contribution in [3.8, 4) is 5.75 Å². The first-order valence-corrected chi connectivity index (χ1v) is 5.84. The Labute approximate surface area is 101 Å². The molecule has 2 heterocycles. The van der Waals surface area contributed by atoms with Crippen molar-refractivity contribution in [2.24, 2.45) is 11.1 Å². The molecule has 0 N–H and O–H groups in total. The topological polar surface area (TPSA) is 34.1 Å². The van der Waals surface area contributed by atoms with E-state index in [0.717, 1.165) is 30.1 Å².